The predicted molar refractivity (Wildman–Crippen MR) is 88.9 cm³/mol. The van der Waals surface area contributed by atoms with Crippen LogP contribution in [0.4, 0.5) is 0 Å². The quantitative estimate of drug-likeness (QED) is 0.582. The largest absolute Gasteiger partial charge is 0.385 e. The van der Waals surface area contributed by atoms with Gasteiger partial charge < -0.3 is 10.1 Å². The monoisotopic (exact) mass is 335 g/mol. The van der Waals surface area contributed by atoms with Crippen LogP contribution in [0.3, 0.4) is 0 Å². The second kappa shape index (κ2) is 8.64. The van der Waals surface area contributed by atoms with Gasteiger partial charge in [-0.3, -0.25) is 4.79 Å². The highest BCUT2D eigenvalue weighted by Gasteiger charge is 2.13. The number of carbonyl (C=O) groups excluding carboxylic acids is 1. The van der Waals surface area contributed by atoms with Crippen LogP contribution >= 0.6 is 11.8 Å². The predicted octanol–water partition coefficient (Wildman–Crippen LogP) is 1.52. The molecule has 1 aromatic heterocycles. The molecule has 1 N–H and O–H groups in total. The standard InChI is InChI=1S/C15H21N5O2S/c1-11-5-6-13(12(2)9-11)20-15(17-18-19-20)23-10-14(21)16-7-4-8-22-3/h5-6,9H,4,7-8,10H2,1-3H3,(H,16,21). The molecule has 0 fully saturated rings. The summed E-state index contributed by atoms with van der Waals surface area (Å²) in [6.07, 6.45) is 0.799. The van der Waals surface area contributed by atoms with E-state index in [0.29, 0.717) is 18.3 Å². The van der Waals surface area contributed by atoms with Gasteiger partial charge in [0.2, 0.25) is 11.1 Å². The first-order valence-corrected chi connectivity index (χ1v) is 8.35. The van der Waals surface area contributed by atoms with Crippen molar-refractivity contribution in [1.29, 1.82) is 0 Å². The number of thioether (sulfide) groups is 1. The molecule has 0 spiro atoms. The molecule has 7 nitrogen and oxygen atoms in total. The van der Waals surface area contributed by atoms with E-state index in [1.165, 1.54) is 17.3 Å². The number of aryl methyl sites for hydroxylation is 2. The summed E-state index contributed by atoms with van der Waals surface area (Å²) in [5.41, 5.74) is 3.19. The zero-order valence-corrected chi connectivity index (χ0v) is 14.4. The van der Waals surface area contributed by atoms with Gasteiger partial charge in [0.15, 0.2) is 0 Å². The number of amides is 1. The minimum absolute atomic E-state index is 0.0405. The molecule has 0 aliphatic heterocycles. The van der Waals surface area contributed by atoms with Crippen molar-refractivity contribution in [3.05, 3.63) is 29.3 Å². The van der Waals surface area contributed by atoms with Gasteiger partial charge in [-0.05, 0) is 42.3 Å². The molecule has 0 bridgehead atoms. The van der Waals surface area contributed by atoms with Gasteiger partial charge in [-0.2, -0.15) is 4.68 Å². The third kappa shape index (κ3) is 5.04. The molecule has 124 valence electrons. The lowest BCUT2D eigenvalue weighted by Crippen LogP contribution is -2.27. The Kier molecular flexibility index (Phi) is 6.54. The van der Waals surface area contributed by atoms with Crippen molar-refractivity contribution in [2.24, 2.45) is 0 Å². The number of ether oxygens (including phenoxy) is 1. The highest BCUT2D eigenvalue weighted by atomic mass is 32.2. The summed E-state index contributed by atoms with van der Waals surface area (Å²) >= 11 is 1.32. The number of nitrogens with one attached hydrogen (secondary N) is 1. The fourth-order valence-electron chi connectivity index (χ4n) is 2.09. The highest BCUT2D eigenvalue weighted by Crippen LogP contribution is 2.21. The Balaban J connectivity index is 1.95. The van der Waals surface area contributed by atoms with E-state index in [1.54, 1.807) is 11.8 Å². The molecule has 2 rings (SSSR count). The van der Waals surface area contributed by atoms with E-state index in [-0.39, 0.29) is 11.7 Å². The summed E-state index contributed by atoms with van der Waals surface area (Å²) < 4.78 is 6.60. The van der Waals surface area contributed by atoms with Crippen molar-refractivity contribution in [2.75, 3.05) is 26.0 Å². The Morgan fingerprint density at radius 3 is 2.96 bits per heavy atom. The number of rotatable bonds is 8. The van der Waals surface area contributed by atoms with Crippen molar-refractivity contribution < 1.29 is 9.53 Å². The smallest absolute Gasteiger partial charge is 0.230 e. The van der Waals surface area contributed by atoms with E-state index < -0.39 is 0 Å². The zero-order valence-electron chi connectivity index (χ0n) is 13.6. The maximum atomic E-state index is 11.8. The molecule has 0 saturated carbocycles. The van der Waals surface area contributed by atoms with E-state index in [4.69, 9.17) is 4.74 Å². The zero-order chi connectivity index (χ0) is 16.7. The number of benzene rings is 1. The lowest BCUT2D eigenvalue weighted by molar-refractivity contribution is -0.118. The minimum Gasteiger partial charge on any atom is -0.385 e. The van der Waals surface area contributed by atoms with Crippen LogP contribution in [0, 0.1) is 13.8 Å². The summed E-state index contributed by atoms with van der Waals surface area (Å²) in [6.45, 7) is 5.30. The van der Waals surface area contributed by atoms with Crippen molar-refractivity contribution in [3.63, 3.8) is 0 Å². The molecule has 1 heterocycles. The average Bonchev–Trinajstić information content (AvgIpc) is 2.98. The Labute approximate surface area is 139 Å². The molecule has 0 radical (unpaired) electrons. The average molecular weight is 335 g/mol. The first-order chi connectivity index (χ1) is 11.1. The second-order valence-corrected chi connectivity index (χ2v) is 6.09. The van der Waals surface area contributed by atoms with Gasteiger partial charge in [0.05, 0.1) is 11.4 Å². The van der Waals surface area contributed by atoms with Crippen LogP contribution in [-0.2, 0) is 9.53 Å². The lowest BCUT2D eigenvalue weighted by Gasteiger charge is -2.08. The van der Waals surface area contributed by atoms with Gasteiger partial charge in [-0.25, -0.2) is 0 Å². The molecular weight excluding hydrogens is 314 g/mol. The summed E-state index contributed by atoms with van der Waals surface area (Å²) in [5, 5.41) is 15.2. The Morgan fingerprint density at radius 2 is 2.22 bits per heavy atom. The Morgan fingerprint density at radius 1 is 1.39 bits per heavy atom. The number of hydrogen-bond acceptors (Lipinski definition) is 6. The van der Waals surface area contributed by atoms with Crippen LogP contribution in [0.25, 0.3) is 5.69 Å². The normalized spacial score (nSPS) is 10.7. The van der Waals surface area contributed by atoms with Gasteiger partial charge in [0, 0.05) is 20.3 Å². The van der Waals surface area contributed by atoms with Gasteiger partial charge in [-0.1, -0.05) is 29.5 Å². The number of tetrazole rings is 1. The van der Waals surface area contributed by atoms with E-state index in [9.17, 15) is 4.79 Å². The minimum atomic E-state index is -0.0405. The molecule has 1 amide bonds. The van der Waals surface area contributed by atoms with Crippen molar-refractivity contribution in [1.82, 2.24) is 25.5 Å². The van der Waals surface area contributed by atoms with E-state index in [0.717, 1.165) is 17.7 Å². The van der Waals surface area contributed by atoms with Gasteiger partial charge in [0.1, 0.15) is 0 Å². The van der Waals surface area contributed by atoms with E-state index in [1.807, 2.05) is 26.0 Å². The van der Waals surface area contributed by atoms with Crippen LogP contribution < -0.4 is 5.32 Å². The summed E-state index contributed by atoms with van der Waals surface area (Å²) in [4.78, 5) is 11.8. The van der Waals surface area contributed by atoms with E-state index in [2.05, 4.69) is 26.9 Å². The van der Waals surface area contributed by atoms with Crippen LogP contribution in [0.5, 0.6) is 0 Å². The first kappa shape index (κ1) is 17.4. The molecule has 0 aliphatic rings. The molecule has 1 aromatic carbocycles. The number of nitrogens with zero attached hydrogens (tertiary/aromatic N) is 4. The second-order valence-electron chi connectivity index (χ2n) is 5.15. The maximum Gasteiger partial charge on any atom is 0.230 e. The molecule has 0 saturated heterocycles. The number of hydrogen-bond donors (Lipinski definition) is 1. The van der Waals surface area contributed by atoms with Crippen molar-refractivity contribution >= 4 is 17.7 Å². The van der Waals surface area contributed by atoms with Gasteiger partial charge >= 0.3 is 0 Å². The molecule has 0 unspecified atom stereocenters. The fourth-order valence-corrected chi connectivity index (χ4v) is 2.80. The summed E-state index contributed by atoms with van der Waals surface area (Å²) in [5.74, 6) is 0.236. The van der Waals surface area contributed by atoms with E-state index >= 15 is 0 Å². The van der Waals surface area contributed by atoms with Gasteiger partial charge in [0.25, 0.3) is 0 Å². The topological polar surface area (TPSA) is 81.9 Å². The summed E-state index contributed by atoms with van der Waals surface area (Å²) in [6, 6.07) is 6.07. The number of methoxy groups -OCH3 is 1. The SMILES string of the molecule is COCCCNC(=O)CSc1nnnn1-c1ccc(C)cc1C. The molecule has 2 aromatic rings. The molecule has 8 heteroatoms. The first-order valence-electron chi connectivity index (χ1n) is 7.36. The van der Waals surface area contributed by atoms with Crippen LogP contribution in [0.2, 0.25) is 0 Å². The fraction of sp³-hybridized carbons (Fsp3) is 0.467. The lowest BCUT2D eigenvalue weighted by atomic mass is 10.1. The Bertz CT molecular complexity index is 659. The third-order valence-electron chi connectivity index (χ3n) is 3.20. The molecule has 23 heavy (non-hydrogen) atoms. The Hall–Kier alpha value is -1.93. The van der Waals surface area contributed by atoms with Crippen molar-refractivity contribution in [2.45, 2.75) is 25.4 Å². The van der Waals surface area contributed by atoms with Crippen LogP contribution in [-0.4, -0.2) is 52.1 Å². The van der Waals surface area contributed by atoms with Gasteiger partial charge in [-0.15, -0.1) is 5.10 Å². The highest BCUT2D eigenvalue weighted by molar-refractivity contribution is 7.99. The molecule has 0 atom stereocenters. The maximum absolute atomic E-state index is 11.8. The third-order valence-corrected chi connectivity index (χ3v) is 4.12. The number of aromatic nitrogens is 4. The van der Waals surface area contributed by atoms with Crippen LogP contribution in [0.15, 0.2) is 23.4 Å². The van der Waals surface area contributed by atoms with Crippen molar-refractivity contribution in [3.8, 4) is 5.69 Å². The molecular formula is C15H21N5O2S. The van der Waals surface area contributed by atoms with Crippen LogP contribution in [0.1, 0.15) is 17.5 Å². The molecule has 0 aliphatic carbocycles. The number of carbonyl (C=O) groups is 1. The summed E-state index contributed by atoms with van der Waals surface area (Å²) in [7, 11) is 1.64.